The lowest BCUT2D eigenvalue weighted by Gasteiger charge is -2.26. The van der Waals surface area contributed by atoms with E-state index < -0.39 is 17.3 Å². The molecular formula is C10H14F3N3O. The number of nitrogens with two attached hydrogens (primary N) is 1. The van der Waals surface area contributed by atoms with Crippen LogP contribution in [0.2, 0.25) is 0 Å². The van der Waals surface area contributed by atoms with Crippen LogP contribution in [-0.4, -0.2) is 27.0 Å². The van der Waals surface area contributed by atoms with Gasteiger partial charge in [-0.25, -0.2) is 0 Å². The van der Waals surface area contributed by atoms with Crippen molar-refractivity contribution in [2.75, 3.05) is 6.54 Å². The first-order valence-electron chi connectivity index (χ1n) is 5.37. The molecule has 0 aromatic carbocycles. The molecule has 17 heavy (non-hydrogen) atoms. The maximum atomic E-state index is 12.3. The standard InChI is InChI=1S/C10H14F3N3O/c11-10(12,13)8-3-15-16(4-8)6-9(17,5-14)7-1-2-7/h3-4,7,17H,1-2,5-6,14H2. The predicted octanol–water partition coefficient (Wildman–Crippen LogP) is 1.00. The molecule has 0 aliphatic heterocycles. The van der Waals surface area contributed by atoms with Crippen LogP contribution >= 0.6 is 0 Å². The van der Waals surface area contributed by atoms with Gasteiger partial charge >= 0.3 is 6.18 Å². The molecule has 7 heteroatoms. The van der Waals surface area contributed by atoms with Crippen LogP contribution in [0.15, 0.2) is 12.4 Å². The maximum Gasteiger partial charge on any atom is 0.419 e. The Morgan fingerprint density at radius 3 is 2.53 bits per heavy atom. The maximum absolute atomic E-state index is 12.3. The number of nitrogens with zero attached hydrogens (tertiary/aromatic N) is 2. The molecule has 0 spiro atoms. The van der Waals surface area contributed by atoms with E-state index in [1.165, 1.54) is 0 Å². The second kappa shape index (κ2) is 3.99. The van der Waals surface area contributed by atoms with E-state index in [0.717, 1.165) is 29.9 Å². The number of aromatic nitrogens is 2. The van der Waals surface area contributed by atoms with E-state index in [1.807, 2.05) is 0 Å². The van der Waals surface area contributed by atoms with Crippen molar-refractivity contribution in [2.24, 2.45) is 11.7 Å². The van der Waals surface area contributed by atoms with Gasteiger partial charge in [-0.3, -0.25) is 4.68 Å². The molecule has 0 amide bonds. The summed E-state index contributed by atoms with van der Waals surface area (Å²) in [7, 11) is 0. The summed E-state index contributed by atoms with van der Waals surface area (Å²) in [6.45, 7) is 0.0309. The van der Waals surface area contributed by atoms with Crippen LogP contribution in [0.4, 0.5) is 13.2 Å². The molecule has 2 rings (SSSR count). The van der Waals surface area contributed by atoms with E-state index >= 15 is 0 Å². The zero-order valence-electron chi connectivity index (χ0n) is 9.11. The van der Waals surface area contributed by atoms with Gasteiger partial charge in [0.05, 0.1) is 23.9 Å². The fourth-order valence-electron chi connectivity index (χ4n) is 1.86. The van der Waals surface area contributed by atoms with Crippen molar-refractivity contribution in [2.45, 2.75) is 31.2 Å². The summed E-state index contributed by atoms with van der Waals surface area (Å²) in [5.74, 6) is 0.0750. The van der Waals surface area contributed by atoms with Gasteiger partial charge in [0, 0.05) is 12.7 Å². The van der Waals surface area contributed by atoms with Gasteiger partial charge < -0.3 is 10.8 Å². The number of rotatable bonds is 4. The third kappa shape index (κ3) is 2.61. The van der Waals surface area contributed by atoms with Crippen molar-refractivity contribution >= 4 is 0 Å². The highest BCUT2D eigenvalue weighted by Crippen LogP contribution is 2.40. The molecule has 1 aliphatic rings. The number of alkyl halides is 3. The predicted molar refractivity (Wildman–Crippen MR) is 54.0 cm³/mol. The van der Waals surface area contributed by atoms with Gasteiger partial charge in [-0.1, -0.05) is 0 Å². The molecule has 0 radical (unpaired) electrons. The summed E-state index contributed by atoms with van der Waals surface area (Å²) in [6.07, 6.45) is -1.03. The molecule has 1 atom stereocenters. The molecule has 1 saturated carbocycles. The first-order chi connectivity index (χ1) is 7.85. The van der Waals surface area contributed by atoms with Crippen LogP contribution in [0.3, 0.4) is 0 Å². The van der Waals surface area contributed by atoms with Crippen LogP contribution < -0.4 is 5.73 Å². The topological polar surface area (TPSA) is 64.1 Å². The Morgan fingerprint density at radius 1 is 1.47 bits per heavy atom. The molecule has 1 fully saturated rings. The van der Waals surface area contributed by atoms with Crippen LogP contribution in [0.25, 0.3) is 0 Å². The molecule has 1 aromatic rings. The van der Waals surface area contributed by atoms with E-state index in [2.05, 4.69) is 5.10 Å². The van der Waals surface area contributed by atoms with Crippen molar-refractivity contribution in [3.05, 3.63) is 18.0 Å². The second-order valence-corrected chi connectivity index (χ2v) is 4.51. The Morgan fingerprint density at radius 2 is 2.12 bits per heavy atom. The SMILES string of the molecule is NCC(O)(Cn1cc(C(F)(F)F)cn1)C1CC1. The highest BCUT2D eigenvalue weighted by molar-refractivity contribution is 5.09. The summed E-state index contributed by atoms with van der Waals surface area (Å²) in [6, 6.07) is 0. The molecule has 0 saturated heterocycles. The molecular weight excluding hydrogens is 235 g/mol. The van der Waals surface area contributed by atoms with Crippen LogP contribution in [0.5, 0.6) is 0 Å². The quantitative estimate of drug-likeness (QED) is 0.836. The fourth-order valence-corrected chi connectivity index (χ4v) is 1.86. The van der Waals surface area contributed by atoms with Gasteiger partial charge in [0.25, 0.3) is 0 Å². The second-order valence-electron chi connectivity index (χ2n) is 4.51. The average Bonchev–Trinajstić information content (AvgIpc) is 2.99. The van der Waals surface area contributed by atoms with Crippen molar-refractivity contribution in [3.8, 4) is 0 Å². The van der Waals surface area contributed by atoms with E-state index in [-0.39, 0.29) is 19.0 Å². The van der Waals surface area contributed by atoms with E-state index in [4.69, 9.17) is 5.73 Å². The number of hydrogen-bond acceptors (Lipinski definition) is 3. The van der Waals surface area contributed by atoms with Crippen molar-refractivity contribution in [1.82, 2.24) is 9.78 Å². The highest BCUT2D eigenvalue weighted by Gasteiger charge is 2.43. The molecule has 1 aliphatic carbocycles. The van der Waals surface area contributed by atoms with Gasteiger partial charge in [-0.15, -0.1) is 0 Å². The van der Waals surface area contributed by atoms with Gasteiger partial charge in [-0.05, 0) is 18.8 Å². The fraction of sp³-hybridized carbons (Fsp3) is 0.700. The van der Waals surface area contributed by atoms with E-state index in [9.17, 15) is 18.3 Å². The minimum absolute atomic E-state index is 0.00421. The lowest BCUT2D eigenvalue weighted by atomic mass is 9.98. The average molecular weight is 249 g/mol. The Balaban J connectivity index is 2.10. The summed E-state index contributed by atoms with van der Waals surface area (Å²) < 4.78 is 38.1. The smallest absolute Gasteiger partial charge is 0.386 e. The lowest BCUT2D eigenvalue weighted by molar-refractivity contribution is -0.137. The number of hydrogen-bond donors (Lipinski definition) is 2. The van der Waals surface area contributed by atoms with Gasteiger partial charge in [0.15, 0.2) is 0 Å². The molecule has 0 bridgehead atoms. The number of halogens is 3. The van der Waals surface area contributed by atoms with Crippen LogP contribution in [0.1, 0.15) is 18.4 Å². The summed E-state index contributed by atoms with van der Waals surface area (Å²) >= 11 is 0. The minimum atomic E-state index is -4.40. The monoisotopic (exact) mass is 249 g/mol. The number of aliphatic hydroxyl groups is 1. The van der Waals surface area contributed by atoms with Crippen LogP contribution in [-0.2, 0) is 12.7 Å². The third-order valence-electron chi connectivity index (χ3n) is 3.09. The van der Waals surface area contributed by atoms with Gasteiger partial charge in [-0.2, -0.15) is 18.3 Å². The first kappa shape index (κ1) is 12.4. The van der Waals surface area contributed by atoms with Crippen LogP contribution in [0, 0.1) is 5.92 Å². The first-order valence-corrected chi connectivity index (χ1v) is 5.37. The molecule has 3 N–H and O–H groups in total. The zero-order valence-corrected chi connectivity index (χ0v) is 9.11. The minimum Gasteiger partial charge on any atom is -0.386 e. The lowest BCUT2D eigenvalue weighted by Crippen LogP contribution is -2.44. The third-order valence-corrected chi connectivity index (χ3v) is 3.09. The molecule has 96 valence electrons. The van der Waals surface area contributed by atoms with E-state index in [0.29, 0.717) is 0 Å². The Labute approximate surface area is 96.2 Å². The summed E-state index contributed by atoms with van der Waals surface area (Å²) in [5.41, 5.74) is 3.52. The summed E-state index contributed by atoms with van der Waals surface area (Å²) in [4.78, 5) is 0. The Hall–Kier alpha value is -1.08. The zero-order chi connectivity index (χ0) is 12.7. The molecule has 1 aromatic heterocycles. The van der Waals surface area contributed by atoms with Crippen molar-refractivity contribution in [3.63, 3.8) is 0 Å². The molecule has 1 unspecified atom stereocenters. The molecule has 4 nitrogen and oxygen atoms in total. The van der Waals surface area contributed by atoms with Gasteiger partial charge in [0.2, 0.25) is 0 Å². The van der Waals surface area contributed by atoms with Gasteiger partial charge in [0.1, 0.15) is 0 Å². The van der Waals surface area contributed by atoms with Crippen molar-refractivity contribution < 1.29 is 18.3 Å². The Bertz CT molecular complexity index is 400. The largest absolute Gasteiger partial charge is 0.419 e. The molecule has 1 heterocycles. The van der Waals surface area contributed by atoms with Crippen molar-refractivity contribution in [1.29, 1.82) is 0 Å². The van der Waals surface area contributed by atoms with E-state index in [1.54, 1.807) is 0 Å². The highest BCUT2D eigenvalue weighted by atomic mass is 19.4. The Kier molecular flexibility index (Phi) is 2.90. The normalized spacial score (nSPS) is 20.3. The summed E-state index contributed by atoms with van der Waals surface area (Å²) in [5, 5.41) is 13.8.